The molecule has 9 N–H and O–H groups in total. The lowest BCUT2D eigenvalue weighted by Crippen LogP contribution is -2.60. The lowest BCUT2D eigenvalue weighted by molar-refractivity contribution is -0.143. The van der Waals surface area contributed by atoms with Gasteiger partial charge in [-0.05, 0) is 92.4 Å². The summed E-state index contributed by atoms with van der Waals surface area (Å²) in [5, 5.41) is 27.8. The van der Waals surface area contributed by atoms with Gasteiger partial charge >= 0.3 is 12.1 Å². The Kier molecular flexibility index (Phi) is 32.6. The summed E-state index contributed by atoms with van der Waals surface area (Å²) >= 11 is 0. The Bertz CT molecular complexity index is 2880. The van der Waals surface area contributed by atoms with E-state index in [0.29, 0.717) is 62.0 Å². The number of likely N-dealkylation sites (tertiary alicyclic amines) is 2. The van der Waals surface area contributed by atoms with Crippen LogP contribution in [0.3, 0.4) is 0 Å². The number of carbonyl (C=O) groups excluding carboxylic acids is 10. The molecule has 95 heavy (non-hydrogen) atoms. The van der Waals surface area contributed by atoms with Gasteiger partial charge in [-0.25, -0.2) is 9.59 Å². The number of ether oxygens (including phenoxy) is 3. The van der Waals surface area contributed by atoms with Crippen molar-refractivity contribution in [3.8, 4) is 0 Å². The van der Waals surface area contributed by atoms with Crippen molar-refractivity contribution < 1.29 is 67.3 Å². The van der Waals surface area contributed by atoms with Crippen molar-refractivity contribution in [3.63, 3.8) is 0 Å². The molecule has 13 atom stereocenters. The Balaban J connectivity index is 1.37. The summed E-state index contributed by atoms with van der Waals surface area (Å²) in [7, 11) is 6.38. The van der Waals surface area contributed by atoms with Gasteiger partial charge < -0.3 is 66.8 Å². The van der Waals surface area contributed by atoms with Gasteiger partial charge in [-0.15, -0.1) is 0 Å². The van der Waals surface area contributed by atoms with E-state index in [1.165, 1.54) is 16.8 Å². The Morgan fingerprint density at radius 3 is 1.98 bits per heavy atom. The van der Waals surface area contributed by atoms with Gasteiger partial charge in [0.1, 0.15) is 30.8 Å². The summed E-state index contributed by atoms with van der Waals surface area (Å²) in [6.45, 7) is 25.6. The van der Waals surface area contributed by atoms with Crippen molar-refractivity contribution in [2.24, 2.45) is 41.2 Å². The first kappa shape index (κ1) is 79.8. The summed E-state index contributed by atoms with van der Waals surface area (Å²) < 4.78 is 18.0. The summed E-state index contributed by atoms with van der Waals surface area (Å²) in [6, 6.07) is 9.52. The second kappa shape index (κ2) is 38.8. The number of imide groups is 1. The zero-order valence-electron chi connectivity index (χ0n) is 58.9. The van der Waals surface area contributed by atoms with Crippen LogP contribution in [0, 0.1) is 35.5 Å². The minimum atomic E-state index is -1.10. The van der Waals surface area contributed by atoms with Crippen molar-refractivity contribution in [1.29, 1.82) is 0 Å². The number of carbonyl (C=O) groups is 10. The second-order valence-corrected chi connectivity index (χ2v) is 26.8. The molecule has 0 aromatic heterocycles. The molecule has 25 nitrogen and oxygen atoms in total. The molecule has 2 saturated heterocycles. The molecule has 2 aliphatic rings. The number of unbranched alkanes of at least 4 members (excludes halogenated alkanes) is 2. The molecule has 0 spiro atoms. The van der Waals surface area contributed by atoms with Crippen LogP contribution in [-0.4, -0.2) is 187 Å². The molecule has 2 aliphatic heterocycles. The van der Waals surface area contributed by atoms with Gasteiger partial charge in [-0.2, -0.15) is 0 Å². The van der Waals surface area contributed by atoms with E-state index in [2.05, 4.69) is 50.3 Å². The summed E-state index contributed by atoms with van der Waals surface area (Å²) in [4.78, 5) is 140. The largest absolute Gasteiger partial charge is 0.445 e. The molecule has 530 valence electrons. The van der Waals surface area contributed by atoms with Gasteiger partial charge in [0.25, 0.3) is 0 Å². The number of anilines is 1. The number of aliphatic hydroxyl groups is 1. The molecule has 4 rings (SSSR count). The molecule has 10 unspecified atom stereocenters. The second-order valence-electron chi connectivity index (χ2n) is 26.8. The lowest BCUT2D eigenvalue weighted by Gasteiger charge is -2.42. The quantitative estimate of drug-likeness (QED) is 0.0260. The maximum Gasteiger partial charge on any atom is 0.410 e. The number of rotatable bonds is 39. The third kappa shape index (κ3) is 23.3. The van der Waals surface area contributed by atoms with Crippen molar-refractivity contribution in [2.75, 3.05) is 53.3 Å². The number of nitrogens with zero attached hydrogens (tertiary/aromatic N) is 4. The van der Waals surface area contributed by atoms with Gasteiger partial charge in [0.2, 0.25) is 47.3 Å². The number of methoxy groups -OCH3 is 2. The van der Waals surface area contributed by atoms with E-state index in [1.807, 2.05) is 58.0 Å². The fraction of sp³-hybridized carbons (Fsp3) is 0.657. The third-order valence-corrected chi connectivity index (χ3v) is 18.4. The van der Waals surface area contributed by atoms with E-state index in [4.69, 9.17) is 19.9 Å². The molecular weight excluding hydrogens is 1220 g/mol. The predicted octanol–water partition coefficient (Wildman–Crippen LogP) is 6.53. The van der Waals surface area contributed by atoms with Crippen molar-refractivity contribution in [2.45, 2.75) is 214 Å². The van der Waals surface area contributed by atoms with E-state index in [0.717, 1.165) is 18.5 Å². The molecule has 2 heterocycles. The Labute approximate surface area is 562 Å². The average Bonchev–Trinajstić information content (AvgIpc) is 1.79. The number of nitrogens with two attached hydrogens (primary N) is 1. The highest BCUT2D eigenvalue weighted by atomic mass is 16.6. The smallest absolute Gasteiger partial charge is 0.410 e. The maximum absolute atomic E-state index is 14.9. The van der Waals surface area contributed by atoms with Crippen LogP contribution in [0.1, 0.15) is 164 Å². The highest BCUT2D eigenvalue weighted by Crippen LogP contribution is 2.34. The maximum atomic E-state index is 14.9. The van der Waals surface area contributed by atoms with E-state index in [-0.39, 0.29) is 98.1 Å². The van der Waals surface area contributed by atoms with Crippen LogP contribution in [0.15, 0.2) is 66.9 Å². The SMILES string of the molecule is C=C(CC(OC)C([C@@H](C)CC)N(C)C(=O)[C@@H](NC(=O)C(C(C)C)N(C)C(=O)OCc1ccc(NC(=O)[C@H](CCCNC(N)=O)NC(=O)C(NC(=O)CCCCCN2C(=O)CC(C)C2=O)C(C)C)cc1)C(C)C)N1CCCC1C(OC)C(C)C(=O)NC(C)C(O)c1ccccc1. The fourth-order valence-corrected chi connectivity index (χ4v) is 12.6. The monoisotopic (exact) mass is 1330 g/mol. The number of hydrogen-bond donors (Lipinski definition) is 8. The zero-order valence-corrected chi connectivity index (χ0v) is 58.9. The number of nitrogens with one attached hydrogen (secondary N) is 6. The Hall–Kier alpha value is -7.64. The first-order valence-corrected chi connectivity index (χ1v) is 33.8. The molecule has 0 aliphatic carbocycles. The van der Waals surface area contributed by atoms with E-state index in [9.17, 15) is 53.1 Å². The molecule has 11 amide bonds. The van der Waals surface area contributed by atoms with Crippen molar-refractivity contribution in [1.82, 2.24) is 46.2 Å². The average molecular weight is 1330 g/mol. The van der Waals surface area contributed by atoms with Crippen LogP contribution in [0.25, 0.3) is 0 Å². The van der Waals surface area contributed by atoms with Gasteiger partial charge in [0, 0.05) is 84.5 Å². The Morgan fingerprint density at radius 2 is 1.41 bits per heavy atom. The number of benzene rings is 2. The number of likely N-dealkylation sites (N-methyl/N-ethyl adjacent to an activating group) is 2. The molecule has 25 heteroatoms. The number of urea groups is 1. The number of amides is 11. The summed E-state index contributed by atoms with van der Waals surface area (Å²) in [5.74, 6) is -5.18. The highest BCUT2D eigenvalue weighted by molar-refractivity contribution is 6.03. The predicted molar refractivity (Wildman–Crippen MR) is 362 cm³/mol. The normalized spacial score (nSPS) is 18.3. The molecule has 2 aromatic carbocycles. The summed E-state index contributed by atoms with van der Waals surface area (Å²) in [6.07, 6.45) is 2.16. The van der Waals surface area contributed by atoms with Crippen molar-refractivity contribution in [3.05, 3.63) is 78.0 Å². The minimum absolute atomic E-state index is 0.0648. The van der Waals surface area contributed by atoms with Gasteiger partial charge in [-0.3, -0.25) is 48.2 Å². The third-order valence-electron chi connectivity index (χ3n) is 18.4. The number of hydrogen-bond acceptors (Lipinski definition) is 15. The van der Waals surface area contributed by atoms with Gasteiger partial charge in [0.15, 0.2) is 0 Å². The molecule has 2 aromatic rings. The number of primary amides is 1. The first-order valence-electron chi connectivity index (χ1n) is 33.8. The van der Waals surface area contributed by atoms with E-state index < -0.39 is 96.2 Å². The topological polar surface area (TPSA) is 330 Å². The van der Waals surface area contributed by atoms with E-state index >= 15 is 0 Å². The van der Waals surface area contributed by atoms with Crippen LogP contribution in [0.5, 0.6) is 0 Å². The van der Waals surface area contributed by atoms with Crippen molar-refractivity contribution >= 4 is 65.1 Å². The molecule has 0 radical (unpaired) electrons. The Morgan fingerprint density at radius 1 is 0.758 bits per heavy atom. The van der Waals surface area contributed by atoms with Gasteiger partial charge in [-0.1, -0.05) is 131 Å². The summed E-state index contributed by atoms with van der Waals surface area (Å²) in [5.41, 5.74) is 7.62. The van der Waals surface area contributed by atoms with Crippen LogP contribution in [0.4, 0.5) is 15.3 Å². The standard InChI is InChI=1S/C70H111N11O14/c1-17-44(8)60(54(93-15)39-46(10)80-37-25-29-53(80)62(94-16)47(11)63(85)73-48(12)61(84)50-26-20-18-21-27-50)78(13)68(90)58(42(4)5)77-66(88)59(43(6)7)79(14)70(92)95-40-49-31-33-51(34-32-49)74-64(86)52(28-24-35-72-69(71)91)75-65(87)57(41(2)3)76-55(82)30-22-19-23-36-81-56(83)38-45(9)67(81)89/h18,20-21,26-27,31-34,41-45,47-48,52-54,57-62,84H,10,17,19,22-25,28-30,35-40H2,1-9,11-16H3,(H,73,85)(H,74,86)(H,75,87)(H,76,82)(H,77,88)(H3,71,72,91)/t44-,45?,47?,48?,52-,53?,54?,57?,58-,59?,60?,61?,62?/m0/s1. The minimum Gasteiger partial charge on any atom is -0.445 e. The molecular formula is C70H111N11O14. The highest BCUT2D eigenvalue weighted by Gasteiger charge is 2.43. The fourth-order valence-electron chi connectivity index (χ4n) is 12.6. The first-order chi connectivity index (χ1) is 44.9. The molecule has 0 saturated carbocycles. The number of aliphatic hydroxyl groups excluding tert-OH is 1. The van der Waals surface area contributed by atoms with Crippen LogP contribution in [0.2, 0.25) is 0 Å². The van der Waals surface area contributed by atoms with Gasteiger partial charge in [0.05, 0.1) is 42.4 Å². The lowest BCUT2D eigenvalue weighted by atomic mass is 9.89. The van der Waals surface area contributed by atoms with E-state index in [1.54, 1.807) is 92.0 Å². The van der Waals surface area contributed by atoms with Crippen LogP contribution >= 0.6 is 0 Å². The zero-order chi connectivity index (χ0) is 71.0. The van der Waals surface area contributed by atoms with Crippen LogP contribution in [-0.2, 0) is 59.2 Å². The van der Waals surface area contributed by atoms with Crippen LogP contribution < -0.4 is 37.6 Å². The molecule has 0 bridgehead atoms. The molecule has 2 fully saturated rings.